The van der Waals surface area contributed by atoms with E-state index in [2.05, 4.69) is 5.32 Å². The number of rotatable bonds is 6. The third-order valence-corrected chi connectivity index (χ3v) is 4.01. The van der Waals surface area contributed by atoms with Gasteiger partial charge in [0.25, 0.3) is 5.91 Å². The molecule has 0 atom stereocenters. The van der Waals surface area contributed by atoms with Crippen molar-refractivity contribution in [2.24, 2.45) is 0 Å². The number of methoxy groups -OCH3 is 1. The number of para-hydroxylation sites is 1. The van der Waals surface area contributed by atoms with Crippen molar-refractivity contribution >= 4 is 28.5 Å². The van der Waals surface area contributed by atoms with Crippen molar-refractivity contribution in [2.75, 3.05) is 19.0 Å². The Balaban J connectivity index is 1.69. The van der Waals surface area contributed by atoms with Gasteiger partial charge >= 0.3 is 5.97 Å². The highest BCUT2D eigenvalue weighted by Gasteiger charge is 2.22. The van der Waals surface area contributed by atoms with Crippen LogP contribution < -0.4 is 5.32 Å². The van der Waals surface area contributed by atoms with Crippen molar-refractivity contribution in [1.29, 1.82) is 0 Å². The fourth-order valence-electron chi connectivity index (χ4n) is 2.99. The van der Waals surface area contributed by atoms with Gasteiger partial charge in [-0.3, -0.25) is 4.79 Å². The Kier molecular flexibility index (Phi) is 5.57. The van der Waals surface area contributed by atoms with Gasteiger partial charge in [-0.15, -0.1) is 0 Å². The molecule has 0 saturated carbocycles. The molecule has 140 valence electrons. The zero-order valence-electron chi connectivity index (χ0n) is 15.5. The number of amides is 1. The van der Waals surface area contributed by atoms with E-state index in [9.17, 15) is 9.59 Å². The summed E-state index contributed by atoms with van der Waals surface area (Å²) >= 11 is 0. The van der Waals surface area contributed by atoms with Crippen molar-refractivity contribution in [3.05, 3.63) is 64.9 Å². The van der Waals surface area contributed by atoms with Gasteiger partial charge in [0.15, 0.2) is 6.61 Å². The first kappa shape index (κ1) is 18.7. The largest absolute Gasteiger partial charge is 0.450 e. The van der Waals surface area contributed by atoms with Crippen LogP contribution in [0.4, 0.5) is 5.69 Å². The van der Waals surface area contributed by atoms with E-state index < -0.39 is 18.5 Å². The van der Waals surface area contributed by atoms with Gasteiger partial charge in [-0.25, -0.2) is 4.79 Å². The minimum absolute atomic E-state index is 0.0530. The lowest BCUT2D eigenvalue weighted by atomic mass is 10.1. The van der Waals surface area contributed by atoms with E-state index in [1.54, 1.807) is 6.07 Å². The first-order chi connectivity index (χ1) is 13.0. The smallest absolute Gasteiger partial charge is 0.375 e. The number of carbonyl (C=O) groups is 2. The molecule has 6 heteroatoms. The summed E-state index contributed by atoms with van der Waals surface area (Å²) in [5.41, 5.74) is 3.91. The number of hydrogen-bond acceptors (Lipinski definition) is 5. The van der Waals surface area contributed by atoms with E-state index in [1.807, 2.05) is 50.2 Å². The van der Waals surface area contributed by atoms with Gasteiger partial charge < -0.3 is 19.2 Å². The third kappa shape index (κ3) is 4.35. The van der Waals surface area contributed by atoms with E-state index in [-0.39, 0.29) is 12.4 Å². The Labute approximate surface area is 157 Å². The SMILES string of the molecule is COCc1c(C(=O)OCC(=O)Nc2cc(C)cc(C)c2)oc2ccccc12. The van der Waals surface area contributed by atoms with Gasteiger partial charge in [0.1, 0.15) is 5.58 Å². The molecule has 0 fully saturated rings. The molecular formula is C21H21NO5. The van der Waals surface area contributed by atoms with E-state index >= 15 is 0 Å². The van der Waals surface area contributed by atoms with E-state index in [1.165, 1.54) is 7.11 Å². The maximum Gasteiger partial charge on any atom is 0.375 e. The van der Waals surface area contributed by atoms with Gasteiger partial charge in [0.2, 0.25) is 5.76 Å². The summed E-state index contributed by atoms with van der Waals surface area (Å²) in [4.78, 5) is 24.5. The van der Waals surface area contributed by atoms with Gasteiger partial charge in [-0.2, -0.15) is 0 Å². The van der Waals surface area contributed by atoms with Crippen LogP contribution in [0.15, 0.2) is 46.9 Å². The second-order valence-corrected chi connectivity index (χ2v) is 6.34. The number of fused-ring (bicyclic) bond motifs is 1. The number of nitrogens with one attached hydrogen (secondary N) is 1. The molecule has 0 aliphatic carbocycles. The summed E-state index contributed by atoms with van der Waals surface area (Å²) in [5.74, 6) is -1.07. The standard InChI is InChI=1S/C21H21NO5/c1-13-8-14(2)10-15(9-13)22-19(23)12-26-21(24)20-17(11-25-3)16-6-4-5-7-18(16)27-20/h4-10H,11-12H2,1-3H3,(H,22,23). The lowest BCUT2D eigenvalue weighted by Gasteiger charge is -2.08. The molecule has 1 heterocycles. The molecule has 3 rings (SSSR count). The number of aryl methyl sites for hydroxylation is 2. The molecule has 3 aromatic rings. The van der Waals surface area contributed by atoms with Gasteiger partial charge in [-0.1, -0.05) is 24.3 Å². The quantitative estimate of drug-likeness (QED) is 0.667. The van der Waals surface area contributed by atoms with Crippen LogP contribution in [-0.2, 0) is 20.9 Å². The zero-order valence-corrected chi connectivity index (χ0v) is 15.5. The maximum absolute atomic E-state index is 12.4. The number of carbonyl (C=O) groups excluding carboxylic acids is 2. The Bertz CT molecular complexity index is 969. The van der Waals surface area contributed by atoms with Crippen molar-refractivity contribution in [1.82, 2.24) is 0 Å². The van der Waals surface area contributed by atoms with Crippen molar-refractivity contribution in [3.63, 3.8) is 0 Å². The van der Waals surface area contributed by atoms with E-state index in [0.717, 1.165) is 16.5 Å². The maximum atomic E-state index is 12.4. The highest BCUT2D eigenvalue weighted by molar-refractivity contribution is 5.98. The molecule has 0 saturated heterocycles. The molecule has 0 aliphatic heterocycles. The number of benzene rings is 2. The Morgan fingerprint density at radius 3 is 2.48 bits per heavy atom. The van der Waals surface area contributed by atoms with E-state index in [4.69, 9.17) is 13.9 Å². The van der Waals surface area contributed by atoms with Crippen LogP contribution in [-0.4, -0.2) is 25.6 Å². The minimum Gasteiger partial charge on any atom is -0.450 e. The van der Waals surface area contributed by atoms with E-state index in [0.29, 0.717) is 16.8 Å². The first-order valence-electron chi connectivity index (χ1n) is 8.52. The average molecular weight is 367 g/mol. The zero-order chi connectivity index (χ0) is 19.4. The predicted molar refractivity (Wildman–Crippen MR) is 102 cm³/mol. The molecule has 0 bridgehead atoms. The van der Waals surface area contributed by atoms with Crippen LogP contribution in [0.2, 0.25) is 0 Å². The monoisotopic (exact) mass is 367 g/mol. The van der Waals surface area contributed by atoms with Crippen molar-refractivity contribution in [2.45, 2.75) is 20.5 Å². The molecule has 1 aromatic heterocycles. The molecule has 0 unspecified atom stereocenters. The van der Waals surface area contributed by atoms with Gasteiger partial charge in [0, 0.05) is 23.7 Å². The predicted octanol–water partition coefficient (Wildman–Crippen LogP) is 3.99. The highest BCUT2D eigenvalue weighted by atomic mass is 16.5. The second kappa shape index (κ2) is 8.05. The summed E-state index contributed by atoms with van der Waals surface area (Å²) in [5, 5.41) is 3.51. The molecular weight excluding hydrogens is 346 g/mol. The molecule has 6 nitrogen and oxygen atoms in total. The number of hydrogen-bond donors (Lipinski definition) is 1. The number of esters is 1. The topological polar surface area (TPSA) is 77.8 Å². The summed E-state index contributed by atoms with van der Waals surface area (Å²) in [7, 11) is 1.54. The molecule has 1 N–H and O–H groups in total. The molecule has 2 aromatic carbocycles. The summed E-state index contributed by atoms with van der Waals surface area (Å²) in [6, 6.07) is 13.0. The van der Waals surface area contributed by atoms with Crippen molar-refractivity contribution < 1.29 is 23.5 Å². The molecule has 1 amide bonds. The summed E-state index contributed by atoms with van der Waals surface area (Å²) in [6.07, 6.45) is 0. The lowest BCUT2D eigenvalue weighted by Crippen LogP contribution is -2.21. The van der Waals surface area contributed by atoms with Crippen LogP contribution in [0.3, 0.4) is 0 Å². The molecule has 0 aliphatic rings. The molecule has 27 heavy (non-hydrogen) atoms. The summed E-state index contributed by atoms with van der Waals surface area (Å²) in [6.45, 7) is 3.69. The normalized spacial score (nSPS) is 10.8. The number of ether oxygens (including phenoxy) is 2. The van der Waals surface area contributed by atoms with Crippen LogP contribution in [0.5, 0.6) is 0 Å². The van der Waals surface area contributed by atoms with Gasteiger partial charge in [0.05, 0.1) is 6.61 Å². The highest BCUT2D eigenvalue weighted by Crippen LogP contribution is 2.27. The van der Waals surface area contributed by atoms with Gasteiger partial charge in [-0.05, 0) is 43.2 Å². The minimum atomic E-state index is -0.700. The molecule has 0 radical (unpaired) electrons. The first-order valence-corrected chi connectivity index (χ1v) is 8.52. The van der Waals surface area contributed by atoms with Crippen LogP contribution in [0.1, 0.15) is 27.2 Å². The van der Waals surface area contributed by atoms with Crippen LogP contribution >= 0.6 is 0 Å². The lowest BCUT2D eigenvalue weighted by molar-refractivity contribution is -0.119. The summed E-state index contributed by atoms with van der Waals surface area (Å²) < 4.78 is 15.9. The van der Waals surface area contributed by atoms with Crippen LogP contribution in [0, 0.1) is 13.8 Å². The second-order valence-electron chi connectivity index (χ2n) is 6.34. The Morgan fingerprint density at radius 1 is 1.07 bits per heavy atom. The number of anilines is 1. The molecule has 0 spiro atoms. The third-order valence-electron chi connectivity index (χ3n) is 4.01. The number of furan rings is 1. The van der Waals surface area contributed by atoms with Crippen molar-refractivity contribution in [3.8, 4) is 0 Å². The Morgan fingerprint density at radius 2 is 1.78 bits per heavy atom. The average Bonchev–Trinajstić information content (AvgIpc) is 2.98. The fraction of sp³-hybridized carbons (Fsp3) is 0.238. The van der Waals surface area contributed by atoms with Crippen LogP contribution in [0.25, 0.3) is 11.0 Å². The fourth-order valence-corrected chi connectivity index (χ4v) is 2.99. The Hall–Kier alpha value is -3.12.